The van der Waals surface area contributed by atoms with Gasteiger partial charge in [0.25, 0.3) is 5.91 Å². The molecule has 0 aliphatic heterocycles. The maximum absolute atomic E-state index is 12.3. The number of ether oxygens (including phenoxy) is 2. The highest BCUT2D eigenvalue weighted by atomic mass is 35.5. The quantitative estimate of drug-likeness (QED) is 0.559. The van der Waals surface area contributed by atoms with Crippen LogP contribution in [0.3, 0.4) is 0 Å². The Balaban J connectivity index is 2.30. The van der Waals surface area contributed by atoms with E-state index in [1.165, 1.54) is 13.2 Å². The molecule has 0 saturated carbocycles. The molecule has 134 valence electrons. The Morgan fingerprint density at radius 2 is 1.96 bits per heavy atom. The molecule has 0 aliphatic rings. The molecule has 0 saturated heterocycles. The Morgan fingerprint density at radius 1 is 1.27 bits per heavy atom. The SMILES string of the molecule is CCOc1c(Cl)cc(/C=C(/C#N)C(=O)Nc2ccc(Cl)cc2)cc1OC. The summed E-state index contributed by atoms with van der Waals surface area (Å²) in [5.41, 5.74) is 0.989. The molecule has 0 aliphatic carbocycles. The predicted octanol–water partition coefficient (Wildman–Crippen LogP) is 4.95. The fourth-order valence-corrected chi connectivity index (χ4v) is 2.55. The minimum atomic E-state index is -0.543. The third kappa shape index (κ3) is 4.92. The Bertz CT molecular complexity index is 872. The highest BCUT2D eigenvalue weighted by Gasteiger charge is 2.14. The molecule has 2 aromatic rings. The molecule has 1 N–H and O–H groups in total. The molecule has 0 fully saturated rings. The molecular weight excluding hydrogens is 375 g/mol. The zero-order chi connectivity index (χ0) is 19.1. The van der Waals surface area contributed by atoms with Crippen molar-refractivity contribution in [1.82, 2.24) is 0 Å². The van der Waals surface area contributed by atoms with Crippen LogP contribution in [-0.4, -0.2) is 19.6 Å². The van der Waals surface area contributed by atoms with E-state index in [9.17, 15) is 10.1 Å². The van der Waals surface area contributed by atoms with Crippen molar-refractivity contribution in [2.45, 2.75) is 6.92 Å². The normalized spacial score (nSPS) is 10.8. The van der Waals surface area contributed by atoms with Crippen molar-refractivity contribution in [3.8, 4) is 17.6 Å². The standard InChI is InChI=1S/C19H16Cl2N2O3/c1-3-26-18-16(21)9-12(10-17(18)25-2)8-13(11-22)19(24)23-15-6-4-14(20)5-7-15/h4-10H,3H2,1-2H3,(H,23,24)/b13-8-. The fraction of sp³-hybridized carbons (Fsp3) is 0.158. The van der Waals surface area contributed by atoms with Crippen molar-refractivity contribution < 1.29 is 14.3 Å². The second-order valence-corrected chi connectivity index (χ2v) is 5.94. The van der Waals surface area contributed by atoms with Crippen molar-refractivity contribution in [1.29, 1.82) is 5.26 Å². The van der Waals surface area contributed by atoms with Crippen LogP contribution in [0.25, 0.3) is 6.08 Å². The van der Waals surface area contributed by atoms with Crippen LogP contribution in [0.1, 0.15) is 12.5 Å². The van der Waals surface area contributed by atoms with Crippen molar-refractivity contribution in [2.24, 2.45) is 0 Å². The first-order valence-corrected chi connectivity index (χ1v) is 8.43. The summed E-state index contributed by atoms with van der Waals surface area (Å²) >= 11 is 12.0. The van der Waals surface area contributed by atoms with Crippen molar-refractivity contribution in [3.63, 3.8) is 0 Å². The number of nitrogens with zero attached hydrogens (tertiary/aromatic N) is 1. The van der Waals surface area contributed by atoms with Crippen LogP contribution >= 0.6 is 23.2 Å². The molecule has 2 rings (SSSR count). The first-order valence-electron chi connectivity index (χ1n) is 7.67. The van der Waals surface area contributed by atoms with Crippen LogP contribution in [0.15, 0.2) is 42.0 Å². The van der Waals surface area contributed by atoms with Crippen LogP contribution in [0.4, 0.5) is 5.69 Å². The zero-order valence-electron chi connectivity index (χ0n) is 14.2. The summed E-state index contributed by atoms with van der Waals surface area (Å²) in [5.74, 6) is 0.290. The lowest BCUT2D eigenvalue weighted by Gasteiger charge is -2.12. The minimum absolute atomic E-state index is 0.0813. The van der Waals surface area contributed by atoms with Gasteiger partial charge in [0.15, 0.2) is 11.5 Å². The lowest BCUT2D eigenvalue weighted by atomic mass is 10.1. The highest BCUT2D eigenvalue weighted by molar-refractivity contribution is 6.32. The van der Waals surface area contributed by atoms with E-state index < -0.39 is 5.91 Å². The smallest absolute Gasteiger partial charge is 0.266 e. The van der Waals surface area contributed by atoms with Gasteiger partial charge >= 0.3 is 0 Å². The summed E-state index contributed by atoms with van der Waals surface area (Å²) < 4.78 is 10.7. The minimum Gasteiger partial charge on any atom is -0.493 e. The van der Waals surface area contributed by atoms with Crippen LogP contribution in [0.2, 0.25) is 10.0 Å². The van der Waals surface area contributed by atoms with Gasteiger partial charge in [-0.05, 0) is 55.0 Å². The van der Waals surface area contributed by atoms with Gasteiger partial charge in [0.05, 0.1) is 18.7 Å². The Kier molecular flexibility index (Phi) is 6.90. The number of amides is 1. The molecule has 1 amide bonds. The van der Waals surface area contributed by atoms with E-state index in [1.807, 2.05) is 13.0 Å². The molecular formula is C19H16Cl2N2O3. The van der Waals surface area contributed by atoms with E-state index in [0.717, 1.165) is 0 Å². The van der Waals surface area contributed by atoms with E-state index in [0.29, 0.717) is 39.4 Å². The van der Waals surface area contributed by atoms with Gasteiger partial charge in [-0.15, -0.1) is 0 Å². The van der Waals surface area contributed by atoms with E-state index in [2.05, 4.69) is 5.32 Å². The molecule has 26 heavy (non-hydrogen) atoms. The van der Waals surface area contributed by atoms with Gasteiger partial charge in [-0.2, -0.15) is 5.26 Å². The molecule has 2 aromatic carbocycles. The zero-order valence-corrected chi connectivity index (χ0v) is 15.7. The Hall–Kier alpha value is -2.68. The van der Waals surface area contributed by atoms with Gasteiger partial charge in [-0.25, -0.2) is 0 Å². The van der Waals surface area contributed by atoms with Gasteiger partial charge in [-0.3, -0.25) is 4.79 Å². The summed E-state index contributed by atoms with van der Waals surface area (Å²) in [6.07, 6.45) is 1.43. The highest BCUT2D eigenvalue weighted by Crippen LogP contribution is 2.37. The molecule has 0 bridgehead atoms. The van der Waals surface area contributed by atoms with E-state index in [4.69, 9.17) is 32.7 Å². The maximum atomic E-state index is 12.3. The number of benzene rings is 2. The monoisotopic (exact) mass is 390 g/mol. The predicted molar refractivity (Wildman–Crippen MR) is 103 cm³/mol. The summed E-state index contributed by atoms with van der Waals surface area (Å²) in [6.45, 7) is 2.26. The van der Waals surface area contributed by atoms with Gasteiger partial charge in [-0.1, -0.05) is 23.2 Å². The van der Waals surface area contributed by atoms with Crippen LogP contribution in [0, 0.1) is 11.3 Å². The van der Waals surface area contributed by atoms with Gasteiger partial charge in [0, 0.05) is 10.7 Å². The summed E-state index contributed by atoms with van der Waals surface area (Å²) in [6, 6.07) is 11.7. The average molecular weight is 391 g/mol. The maximum Gasteiger partial charge on any atom is 0.266 e. The lowest BCUT2D eigenvalue weighted by molar-refractivity contribution is -0.112. The molecule has 0 heterocycles. The van der Waals surface area contributed by atoms with E-state index in [-0.39, 0.29) is 5.57 Å². The number of hydrogen-bond acceptors (Lipinski definition) is 4. The topological polar surface area (TPSA) is 71.3 Å². The fourth-order valence-electron chi connectivity index (χ4n) is 2.15. The molecule has 7 heteroatoms. The average Bonchev–Trinajstić information content (AvgIpc) is 2.63. The number of methoxy groups -OCH3 is 1. The third-order valence-electron chi connectivity index (χ3n) is 3.32. The summed E-state index contributed by atoms with van der Waals surface area (Å²) in [4.78, 5) is 12.3. The van der Waals surface area contributed by atoms with Gasteiger partial charge in [0.2, 0.25) is 0 Å². The molecule has 0 atom stereocenters. The first kappa shape index (κ1) is 19.6. The second kappa shape index (κ2) is 9.14. The van der Waals surface area contributed by atoms with Crippen LogP contribution < -0.4 is 14.8 Å². The molecule has 5 nitrogen and oxygen atoms in total. The van der Waals surface area contributed by atoms with E-state index >= 15 is 0 Å². The van der Waals surface area contributed by atoms with Crippen LogP contribution in [-0.2, 0) is 4.79 Å². The lowest BCUT2D eigenvalue weighted by Crippen LogP contribution is -2.13. The van der Waals surface area contributed by atoms with Gasteiger partial charge in [0.1, 0.15) is 11.6 Å². The molecule has 0 spiro atoms. The number of nitriles is 1. The second-order valence-electron chi connectivity index (χ2n) is 5.10. The number of rotatable bonds is 6. The van der Waals surface area contributed by atoms with Gasteiger partial charge < -0.3 is 14.8 Å². The van der Waals surface area contributed by atoms with Crippen LogP contribution in [0.5, 0.6) is 11.5 Å². The largest absolute Gasteiger partial charge is 0.493 e. The number of hydrogen-bond donors (Lipinski definition) is 1. The molecule has 0 aromatic heterocycles. The first-order chi connectivity index (χ1) is 12.5. The number of anilines is 1. The van der Waals surface area contributed by atoms with E-state index in [1.54, 1.807) is 36.4 Å². The Morgan fingerprint density at radius 3 is 2.54 bits per heavy atom. The summed E-state index contributed by atoms with van der Waals surface area (Å²) in [5, 5.41) is 12.8. The number of carbonyl (C=O) groups is 1. The molecule has 0 unspecified atom stereocenters. The number of halogens is 2. The van der Waals surface area contributed by atoms with Crippen molar-refractivity contribution in [3.05, 3.63) is 57.6 Å². The third-order valence-corrected chi connectivity index (χ3v) is 3.85. The van der Waals surface area contributed by atoms with Crippen molar-refractivity contribution in [2.75, 3.05) is 19.0 Å². The number of nitrogens with one attached hydrogen (secondary N) is 1. The van der Waals surface area contributed by atoms with Crippen molar-refractivity contribution >= 4 is 40.9 Å². The summed E-state index contributed by atoms with van der Waals surface area (Å²) in [7, 11) is 1.49. The Labute approximate surface area is 161 Å². The number of carbonyl (C=O) groups excluding carboxylic acids is 1. The molecule has 0 radical (unpaired) electrons.